The summed E-state index contributed by atoms with van der Waals surface area (Å²) >= 11 is 1.89. The summed E-state index contributed by atoms with van der Waals surface area (Å²) in [5.41, 5.74) is 13.1. The van der Waals surface area contributed by atoms with Crippen LogP contribution in [-0.2, 0) is 5.41 Å². The third kappa shape index (κ3) is 3.57. The summed E-state index contributed by atoms with van der Waals surface area (Å²) in [4.78, 5) is 6.33. The second kappa shape index (κ2) is 8.61. The Balaban J connectivity index is 1.34. The summed E-state index contributed by atoms with van der Waals surface area (Å²) < 4.78 is 1.26. The number of nitrogens with zero attached hydrogens (tertiary/aromatic N) is 1. The molecule has 1 aliphatic rings. The molecule has 0 atom stereocenters. The Morgan fingerprint density at radius 1 is 0.659 bits per heavy atom. The Morgan fingerprint density at radius 3 is 2.22 bits per heavy atom. The first-order valence-electron chi connectivity index (χ1n) is 14.4. The molecule has 0 saturated heterocycles. The van der Waals surface area contributed by atoms with Crippen LogP contribution < -0.4 is 0 Å². The molecule has 41 heavy (non-hydrogen) atoms. The first-order chi connectivity index (χ1) is 19.8. The highest BCUT2D eigenvalue weighted by Gasteiger charge is 2.25. The lowest BCUT2D eigenvalue weighted by Gasteiger charge is -2.22. The van der Waals surface area contributed by atoms with Crippen LogP contribution in [0.1, 0.15) is 37.5 Å². The second-order valence-electron chi connectivity index (χ2n) is 12.5. The molecule has 198 valence electrons. The highest BCUT2D eigenvalue weighted by atomic mass is 32.1. The molecule has 0 spiro atoms. The number of hydrogen-bond acceptors (Lipinski definition) is 2. The van der Waals surface area contributed by atoms with Gasteiger partial charge in [-0.3, -0.25) is 4.98 Å². The minimum absolute atomic E-state index is 0.0302. The zero-order valence-electron chi connectivity index (χ0n) is 24.1. The van der Waals surface area contributed by atoms with E-state index < -0.39 is 0 Å². The van der Waals surface area contributed by atoms with Crippen molar-refractivity contribution in [1.29, 1.82) is 0 Å². The van der Waals surface area contributed by atoms with Gasteiger partial charge in [-0.1, -0.05) is 81.4 Å². The maximum Gasteiger partial charge on any atom is 0.0880 e. The van der Waals surface area contributed by atoms with Crippen molar-refractivity contribution in [2.75, 3.05) is 0 Å². The summed E-state index contributed by atoms with van der Waals surface area (Å²) in [6.45, 7) is 11.4. The molecule has 7 aromatic rings. The molecule has 1 nitrogen and oxygen atoms in total. The van der Waals surface area contributed by atoms with Gasteiger partial charge in [-0.25, -0.2) is 0 Å². The van der Waals surface area contributed by atoms with Gasteiger partial charge >= 0.3 is 0 Å². The van der Waals surface area contributed by atoms with Gasteiger partial charge in [0.05, 0.1) is 10.4 Å². The van der Waals surface area contributed by atoms with Crippen molar-refractivity contribution in [2.24, 2.45) is 0 Å². The molecule has 0 unspecified atom stereocenters. The molecule has 2 aromatic heterocycles. The standard InChI is InChI=1S/C39H31NS/c1-22-18-27(20-32-30-14-8-11-24-12-9-15-31(34(22)32)35(24)30)37-23(2)28-16-17-40-36(38(28)41-37)26-19-25-10-6-7-13-29(25)33(21-26)39(3,4)5/h6-21H,1-5H3. The van der Waals surface area contributed by atoms with Gasteiger partial charge in [0, 0.05) is 16.6 Å². The van der Waals surface area contributed by atoms with E-state index in [0.29, 0.717) is 0 Å². The van der Waals surface area contributed by atoms with Crippen molar-refractivity contribution in [2.45, 2.75) is 40.0 Å². The maximum atomic E-state index is 4.99. The third-order valence-corrected chi connectivity index (χ3v) is 10.2. The van der Waals surface area contributed by atoms with E-state index >= 15 is 0 Å². The van der Waals surface area contributed by atoms with Crippen molar-refractivity contribution in [3.8, 4) is 44.0 Å². The molecule has 0 fully saturated rings. The lowest BCUT2D eigenvalue weighted by Crippen LogP contribution is -2.12. The Bertz CT molecular complexity index is 2200. The van der Waals surface area contributed by atoms with E-state index in [1.165, 1.54) is 86.6 Å². The zero-order valence-corrected chi connectivity index (χ0v) is 24.9. The van der Waals surface area contributed by atoms with Crippen LogP contribution in [0, 0.1) is 13.8 Å². The Hall–Kier alpha value is -4.27. The fourth-order valence-corrected chi connectivity index (χ4v) is 8.26. The van der Waals surface area contributed by atoms with Gasteiger partial charge in [-0.15, -0.1) is 11.3 Å². The van der Waals surface area contributed by atoms with E-state index in [0.717, 1.165) is 5.69 Å². The largest absolute Gasteiger partial charge is 0.255 e. The highest BCUT2D eigenvalue weighted by Crippen LogP contribution is 2.51. The summed E-state index contributed by atoms with van der Waals surface area (Å²) in [6, 6.07) is 33.8. The van der Waals surface area contributed by atoms with Crippen molar-refractivity contribution < 1.29 is 0 Å². The smallest absolute Gasteiger partial charge is 0.0880 e. The third-order valence-electron chi connectivity index (χ3n) is 8.86. The number of thiophene rings is 1. The topological polar surface area (TPSA) is 12.9 Å². The van der Waals surface area contributed by atoms with Crippen LogP contribution in [0.3, 0.4) is 0 Å². The van der Waals surface area contributed by atoms with Gasteiger partial charge in [-0.05, 0) is 121 Å². The molecule has 0 amide bonds. The van der Waals surface area contributed by atoms with E-state index in [1.807, 2.05) is 17.5 Å². The lowest BCUT2D eigenvalue weighted by atomic mass is 9.82. The molecule has 1 aliphatic carbocycles. The average molecular weight is 546 g/mol. The monoisotopic (exact) mass is 545 g/mol. The zero-order chi connectivity index (χ0) is 28.0. The molecule has 0 bridgehead atoms. The van der Waals surface area contributed by atoms with Gasteiger partial charge in [0.1, 0.15) is 0 Å². The molecule has 0 saturated carbocycles. The molecule has 0 radical (unpaired) electrons. The van der Waals surface area contributed by atoms with Crippen LogP contribution in [-0.4, -0.2) is 4.98 Å². The predicted molar refractivity (Wildman–Crippen MR) is 178 cm³/mol. The number of aryl methyl sites for hydroxylation is 2. The van der Waals surface area contributed by atoms with Crippen LogP contribution in [0.5, 0.6) is 0 Å². The van der Waals surface area contributed by atoms with E-state index in [4.69, 9.17) is 4.98 Å². The molecule has 5 aromatic carbocycles. The summed E-state index contributed by atoms with van der Waals surface area (Å²) in [7, 11) is 0. The van der Waals surface area contributed by atoms with Gasteiger partial charge < -0.3 is 0 Å². The van der Waals surface area contributed by atoms with Gasteiger partial charge in [-0.2, -0.15) is 0 Å². The van der Waals surface area contributed by atoms with Crippen LogP contribution in [0.25, 0.3) is 75.6 Å². The molecular weight excluding hydrogens is 515 g/mol. The van der Waals surface area contributed by atoms with Crippen molar-refractivity contribution >= 4 is 43.0 Å². The Kier molecular flexibility index (Phi) is 5.15. The molecule has 0 N–H and O–H groups in total. The second-order valence-corrected chi connectivity index (χ2v) is 13.5. The highest BCUT2D eigenvalue weighted by molar-refractivity contribution is 7.23. The fourth-order valence-electron chi connectivity index (χ4n) is 6.96. The summed E-state index contributed by atoms with van der Waals surface area (Å²) in [5.74, 6) is 0. The summed E-state index contributed by atoms with van der Waals surface area (Å²) in [6.07, 6.45) is 1.98. The van der Waals surface area contributed by atoms with Crippen LogP contribution in [0.15, 0.2) is 97.2 Å². The molecule has 0 aliphatic heterocycles. The maximum absolute atomic E-state index is 4.99. The van der Waals surface area contributed by atoms with Gasteiger partial charge in [0.2, 0.25) is 0 Å². The number of rotatable bonds is 2. The van der Waals surface area contributed by atoms with E-state index in [2.05, 4.69) is 126 Å². The quantitative estimate of drug-likeness (QED) is 0.210. The van der Waals surface area contributed by atoms with E-state index in [9.17, 15) is 0 Å². The fraction of sp³-hybridized carbons (Fsp3) is 0.154. The Morgan fingerprint density at radius 2 is 1.41 bits per heavy atom. The lowest BCUT2D eigenvalue weighted by molar-refractivity contribution is 0.596. The average Bonchev–Trinajstić information content (AvgIpc) is 3.48. The van der Waals surface area contributed by atoms with Crippen molar-refractivity contribution in [1.82, 2.24) is 4.98 Å². The minimum atomic E-state index is 0.0302. The first kappa shape index (κ1) is 24.5. The van der Waals surface area contributed by atoms with Crippen molar-refractivity contribution in [3.63, 3.8) is 0 Å². The minimum Gasteiger partial charge on any atom is -0.255 e. The molecule has 8 rings (SSSR count). The molecular formula is C39H31NS. The molecule has 2 heterocycles. The van der Waals surface area contributed by atoms with Crippen molar-refractivity contribution in [3.05, 3.63) is 114 Å². The van der Waals surface area contributed by atoms with Crippen LogP contribution in [0.2, 0.25) is 0 Å². The Labute approximate surface area is 245 Å². The molecule has 2 heteroatoms. The number of pyridine rings is 1. The number of hydrogen-bond donors (Lipinski definition) is 0. The summed E-state index contributed by atoms with van der Waals surface area (Å²) in [5, 5.41) is 6.59. The van der Waals surface area contributed by atoms with E-state index in [-0.39, 0.29) is 5.41 Å². The number of aromatic nitrogens is 1. The normalized spacial score (nSPS) is 12.5. The number of fused-ring (bicyclic) bond motifs is 5. The SMILES string of the molecule is Cc1cc(-c2sc3c(-c4cc(C(C)(C)C)c5ccccc5c4)nccc3c2C)cc2c1-c1cccc3cccc-2c13. The number of benzene rings is 5. The van der Waals surface area contributed by atoms with Gasteiger partial charge in [0.15, 0.2) is 0 Å². The predicted octanol–water partition coefficient (Wildman–Crippen LogP) is 11.5. The van der Waals surface area contributed by atoms with E-state index in [1.54, 1.807) is 0 Å². The first-order valence-corrected chi connectivity index (χ1v) is 15.2. The van der Waals surface area contributed by atoms with Gasteiger partial charge in [0.25, 0.3) is 0 Å². The van der Waals surface area contributed by atoms with Crippen LogP contribution in [0.4, 0.5) is 0 Å². The van der Waals surface area contributed by atoms with Crippen LogP contribution >= 0.6 is 11.3 Å².